The lowest BCUT2D eigenvalue weighted by Gasteiger charge is -2.35. The van der Waals surface area contributed by atoms with Gasteiger partial charge in [-0.1, -0.05) is 81.0 Å². The summed E-state index contributed by atoms with van der Waals surface area (Å²) in [5.74, 6) is 1.78. The molecule has 0 aliphatic heterocycles. The molecule has 0 saturated heterocycles. The van der Waals surface area contributed by atoms with E-state index < -0.39 is 0 Å². The zero-order chi connectivity index (χ0) is 16.8. The van der Waals surface area contributed by atoms with Crippen molar-refractivity contribution in [1.29, 1.82) is 0 Å². The van der Waals surface area contributed by atoms with Gasteiger partial charge in [0.1, 0.15) is 0 Å². The first kappa shape index (κ1) is 18.1. The molecule has 24 heavy (non-hydrogen) atoms. The van der Waals surface area contributed by atoms with E-state index in [1.807, 2.05) is 0 Å². The number of allylic oxidation sites excluding steroid dienone is 1. The summed E-state index contributed by atoms with van der Waals surface area (Å²) in [5.41, 5.74) is 4.97. The predicted octanol–water partition coefficient (Wildman–Crippen LogP) is 7.71. The van der Waals surface area contributed by atoms with Crippen LogP contribution in [0.4, 0.5) is 0 Å². The van der Waals surface area contributed by atoms with Crippen LogP contribution in [0.2, 0.25) is 0 Å². The number of hydrogen-bond donors (Lipinski definition) is 0. The standard InChI is InChI=1S/C23H33Cl/c1-2-6-19-7-9-20(10-8-19)21-11-13-22(14-12-21)23(17-18-24)15-4-3-5-16-23/h11-14,17-20H,2-10,15-16H2,1H3. The van der Waals surface area contributed by atoms with Crippen LogP contribution in [-0.4, -0.2) is 0 Å². The minimum Gasteiger partial charge on any atom is -0.0933 e. The molecule has 0 amide bonds. The molecule has 2 fully saturated rings. The second-order valence-corrected chi connectivity index (χ2v) is 8.39. The first-order chi connectivity index (χ1) is 11.8. The highest BCUT2D eigenvalue weighted by atomic mass is 35.5. The van der Waals surface area contributed by atoms with Crippen molar-refractivity contribution in [3.63, 3.8) is 0 Å². The third kappa shape index (κ3) is 4.07. The minimum absolute atomic E-state index is 0.192. The molecule has 0 radical (unpaired) electrons. The molecule has 0 unspecified atom stereocenters. The van der Waals surface area contributed by atoms with Gasteiger partial charge in [-0.2, -0.15) is 0 Å². The summed E-state index contributed by atoms with van der Waals surface area (Å²) in [5, 5.41) is 0. The van der Waals surface area contributed by atoms with Crippen molar-refractivity contribution in [2.75, 3.05) is 0 Å². The molecule has 2 aliphatic rings. The average molecular weight is 345 g/mol. The summed E-state index contributed by atoms with van der Waals surface area (Å²) in [7, 11) is 0. The van der Waals surface area contributed by atoms with E-state index in [0.717, 1.165) is 11.8 Å². The number of rotatable bonds is 5. The molecule has 2 aliphatic carbocycles. The molecular weight excluding hydrogens is 312 g/mol. The Labute approximate surface area is 153 Å². The summed E-state index contributed by atoms with van der Waals surface area (Å²) in [6, 6.07) is 9.63. The molecule has 1 aromatic carbocycles. The normalized spacial score (nSPS) is 27.4. The minimum atomic E-state index is 0.192. The van der Waals surface area contributed by atoms with Crippen molar-refractivity contribution in [2.24, 2.45) is 5.92 Å². The van der Waals surface area contributed by atoms with Crippen LogP contribution in [0.25, 0.3) is 0 Å². The highest BCUT2D eigenvalue weighted by Gasteiger charge is 2.31. The smallest absolute Gasteiger partial charge is 0.0143 e. The fraction of sp³-hybridized carbons (Fsp3) is 0.652. The van der Waals surface area contributed by atoms with E-state index in [0.29, 0.717) is 0 Å². The van der Waals surface area contributed by atoms with Crippen LogP contribution in [-0.2, 0) is 5.41 Å². The molecule has 0 bridgehead atoms. The van der Waals surface area contributed by atoms with Crippen molar-refractivity contribution in [3.8, 4) is 0 Å². The van der Waals surface area contributed by atoms with E-state index in [1.54, 1.807) is 11.1 Å². The van der Waals surface area contributed by atoms with Gasteiger partial charge in [-0.15, -0.1) is 0 Å². The first-order valence-electron chi connectivity index (χ1n) is 10.2. The summed E-state index contributed by atoms with van der Waals surface area (Å²) in [4.78, 5) is 0. The van der Waals surface area contributed by atoms with Crippen LogP contribution in [0.3, 0.4) is 0 Å². The maximum Gasteiger partial charge on any atom is 0.0143 e. The molecule has 1 heteroatoms. The van der Waals surface area contributed by atoms with Gasteiger partial charge in [0.15, 0.2) is 0 Å². The summed E-state index contributed by atoms with van der Waals surface area (Å²) < 4.78 is 0. The van der Waals surface area contributed by atoms with Gasteiger partial charge in [0.25, 0.3) is 0 Å². The molecule has 0 atom stereocenters. The molecule has 0 aromatic heterocycles. The van der Waals surface area contributed by atoms with Crippen molar-refractivity contribution < 1.29 is 0 Å². The van der Waals surface area contributed by atoms with Gasteiger partial charge in [0.05, 0.1) is 0 Å². The van der Waals surface area contributed by atoms with Crippen LogP contribution in [0, 0.1) is 5.92 Å². The molecule has 1 aromatic rings. The van der Waals surface area contributed by atoms with Crippen molar-refractivity contribution >= 4 is 11.6 Å². The van der Waals surface area contributed by atoms with Crippen molar-refractivity contribution in [1.82, 2.24) is 0 Å². The SMILES string of the molecule is CCCC1CCC(c2ccc(C3(C=CCl)CCCCC3)cc2)CC1. The maximum absolute atomic E-state index is 5.99. The van der Waals surface area contributed by atoms with Crippen LogP contribution in [0.5, 0.6) is 0 Å². The topological polar surface area (TPSA) is 0 Å². The lowest BCUT2D eigenvalue weighted by molar-refractivity contribution is 0.308. The molecular formula is C23H33Cl. The fourth-order valence-electron chi connectivity index (χ4n) is 5.13. The first-order valence-corrected chi connectivity index (χ1v) is 10.6. The zero-order valence-electron chi connectivity index (χ0n) is 15.3. The third-order valence-electron chi connectivity index (χ3n) is 6.63. The van der Waals surface area contributed by atoms with Crippen molar-refractivity contribution in [2.45, 2.75) is 88.9 Å². The molecule has 2 saturated carbocycles. The van der Waals surface area contributed by atoms with E-state index in [2.05, 4.69) is 37.3 Å². The Kier molecular flexibility index (Phi) is 6.44. The lowest BCUT2D eigenvalue weighted by Crippen LogP contribution is -2.26. The summed E-state index contributed by atoms with van der Waals surface area (Å²) in [6.07, 6.45) is 17.2. The van der Waals surface area contributed by atoms with E-state index >= 15 is 0 Å². The monoisotopic (exact) mass is 344 g/mol. The Balaban J connectivity index is 1.69. The van der Waals surface area contributed by atoms with Gasteiger partial charge in [-0.05, 0) is 61.5 Å². The summed E-state index contributed by atoms with van der Waals surface area (Å²) in [6.45, 7) is 2.32. The highest BCUT2D eigenvalue weighted by molar-refractivity contribution is 6.25. The Hall–Kier alpha value is -0.750. The van der Waals surface area contributed by atoms with E-state index in [9.17, 15) is 0 Å². The number of benzene rings is 1. The van der Waals surface area contributed by atoms with E-state index in [-0.39, 0.29) is 5.41 Å². The Morgan fingerprint density at radius 2 is 1.67 bits per heavy atom. The predicted molar refractivity (Wildman–Crippen MR) is 106 cm³/mol. The number of hydrogen-bond acceptors (Lipinski definition) is 0. The molecule has 0 heterocycles. The molecule has 3 rings (SSSR count). The van der Waals surface area contributed by atoms with Crippen LogP contribution in [0.1, 0.15) is 94.6 Å². The van der Waals surface area contributed by atoms with Gasteiger partial charge in [-0.3, -0.25) is 0 Å². The molecule has 0 nitrogen and oxygen atoms in total. The Bertz CT molecular complexity index is 513. The Morgan fingerprint density at radius 3 is 2.25 bits per heavy atom. The van der Waals surface area contributed by atoms with Gasteiger partial charge < -0.3 is 0 Å². The second kappa shape index (κ2) is 8.56. The van der Waals surface area contributed by atoms with Gasteiger partial charge in [0, 0.05) is 11.0 Å². The van der Waals surface area contributed by atoms with Crippen LogP contribution in [0.15, 0.2) is 35.9 Å². The molecule has 0 N–H and O–H groups in total. The quantitative estimate of drug-likeness (QED) is 0.513. The van der Waals surface area contributed by atoms with E-state index in [4.69, 9.17) is 11.6 Å². The largest absolute Gasteiger partial charge is 0.0933 e. The van der Waals surface area contributed by atoms with E-state index in [1.165, 1.54) is 76.2 Å². The van der Waals surface area contributed by atoms with Gasteiger partial charge >= 0.3 is 0 Å². The zero-order valence-corrected chi connectivity index (χ0v) is 16.0. The fourth-order valence-corrected chi connectivity index (χ4v) is 5.38. The maximum atomic E-state index is 5.99. The molecule has 132 valence electrons. The molecule has 0 spiro atoms. The van der Waals surface area contributed by atoms with Crippen molar-refractivity contribution in [3.05, 3.63) is 47.0 Å². The van der Waals surface area contributed by atoms with Crippen LogP contribution >= 0.6 is 11.6 Å². The van der Waals surface area contributed by atoms with Gasteiger partial charge in [-0.25, -0.2) is 0 Å². The summed E-state index contributed by atoms with van der Waals surface area (Å²) >= 11 is 5.99. The highest BCUT2D eigenvalue weighted by Crippen LogP contribution is 2.42. The Morgan fingerprint density at radius 1 is 1.00 bits per heavy atom. The third-order valence-corrected chi connectivity index (χ3v) is 6.75. The lowest BCUT2D eigenvalue weighted by atomic mass is 9.69. The average Bonchev–Trinajstić information content (AvgIpc) is 2.64. The number of halogens is 1. The van der Waals surface area contributed by atoms with Crippen LogP contribution < -0.4 is 0 Å². The second-order valence-electron chi connectivity index (χ2n) is 8.14. The van der Waals surface area contributed by atoms with Gasteiger partial charge in [0.2, 0.25) is 0 Å².